The summed E-state index contributed by atoms with van der Waals surface area (Å²) in [6.45, 7) is 3.48. The topological polar surface area (TPSA) is 71.1 Å². The van der Waals surface area contributed by atoms with Crippen LogP contribution in [0.25, 0.3) is 10.8 Å². The van der Waals surface area contributed by atoms with Crippen LogP contribution < -0.4 is 18.9 Å². The minimum Gasteiger partial charge on any atom is -0.446 e. The molecule has 0 N–H and O–H groups in total. The predicted molar refractivity (Wildman–Crippen MR) is 174 cm³/mol. The van der Waals surface area contributed by atoms with Gasteiger partial charge < -0.3 is 18.9 Å². The molecular formula is C38H25ClF2O6. The molecule has 6 aromatic rings. The van der Waals surface area contributed by atoms with Crippen LogP contribution in [0, 0.1) is 25.5 Å². The molecule has 0 spiro atoms. The van der Waals surface area contributed by atoms with Crippen LogP contribution >= 0.6 is 11.6 Å². The lowest BCUT2D eigenvalue weighted by molar-refractivity contribution is 0.0715. The van der Waals surface area contributed by atoms with Crippen molar-refractivity contribution in [3.05, 3.63) is 154 Å². The molecule has 47 heavy (non-hydrogen) atoms. The van der Waals surface area contributed by atoms with Crippen molar-refractivity contribution in [1.82, 2.24) is 0 Å². The number of benzene rings is 6. The lowest BCUT2D eigenvalue weighted by Gasteiger charge is -2.22. The Kier molecular flexibility index (Phi) is 8.86. The van der Waals surface area contributed by atoms with E-state index in [0.717, 1.165) is 0 Å². The Balaban J connectivity index is 1.66. The van der Waals surface area contributed by atoms with Gasteiger partial charge in [-0.2, -0.15) is 0 Å². The van der Waals surface area contributed by atoms with Crippen LogP contribution in [0.2, 0.25) is 5.02 Å². The Bertz CT molecular complexity index is 2160. The average Bonchev–Trinajstić information content (AvgIpc) is 3.06. The normalized spacial score (nSPS) is 10.8. The smallest absolute Gasteiger partial charge is 0.343 e. The van der Waals surface area contributed by atoms with Gasteiger partial charge in [0, 0.05) is 15.8 Å². The molecule has 0 fully saturated rings. The van der Waals surface area contributed by atoms with E-state index in [1.807, 2.05) is 0 Å². The number of carbonyl (C=O) groups excluding carboxylic acids is 2. The molecule has 6 nitrogen and oxygen atoms in total. The fraction of sp³-hybridized carbons (Fsp3) is 0.0526. The van der Waals surface area contributed by atoms with Gasteiger partial charge in [0.15, 0.2) is 34.6 Å². The third-order valence-corrected chi connectivity index (χ3v) is 7.54. The summed E-state index contributed by atoms with van der Waals surface area (Å²) >= 11 is 6.44. The van der Waals surface area contributed by atoms with Crippen LogP contribution in [0.1, 0.15) is 31.8 Å². The highest BCUT2D eigenvalue weighted by Crippen LogP contribution is 2.55. The molecule has 6 rings (SSSR count). The van der Waals surface area contributed by atoms with Gasteiger partial charge in [-0.25, -0.2) is 18.4 Å². The van der Waals surface area contributed by atoms with Gasteiger partial charge in [-0.3, -0.25) is 0 Å². The Morgan fingerprint density at radius 2 is 0.957 bits per heavy atom. The standard InChI is InChI=1S/C38H25ClF2O6/c1-22-11-3-5-13-25(22)37(42)46-33-27-20-19-24(39)21-28(27)34(47-38(43)26-14-6-4-12-23(26)2)36(45-32-18-10-8-16-30(32)41)35(33)44-31-17-9-7-15-29(31)40/h3-21H,1-2H3. The summed E-state index contributed by atoms with van der Waals surface area (Å²) in [5.74, 6) is -4.79. The molecular weight excluding hydrogens is 626 g/mol. The van der Waals surface area contributed by atoms with E-state index in [2.05, 4.69) is 0 Å². The van der Waals surface area contributed by atoms with Gasteiger partial charge in [0.25, 0.3) is 0 Å². The molecule has 0 atom stereocenters. The summed E-state index contributed by atoms with van der Waals surface area (Å²) in [6, 6.07) is 29.1. The number of esters is 2. The third kappa shape index (κ3) is 6.50. The van der Waals surface area contributed by atoms with Crippen LogP contribution in [0.4, 0.5) is 8.78 Å². The number of hydrogen-bond acceptors (Lipinski definition) is 6. The molecule has 0 radical (unpaired) electrons. The van der Waals surface area contributed by atoms with Crippen LogP contribution in [-0.2, 0) is 0 Å². The minimum atomic E-state index is -0.774. The molecule has 0 aliphatic rings. The maximum Gasteiger partial charge on any atom is 0.343 e. The van der Waals surface area contributed by atoms with Crippen molar-refractivity contribution in [2.75, 3.05) is 0 Å². The molecule has 6 aromatic carbocycles. The van der Waals surface area contributed by atoms with Crippen LogP contribution in [0.15, 0.2) is 115 Å². The highest BCUT2D eigenvalue weighted by Gasteiger charge is 2.31. The van der Waals surface area contributed by atoms with Crippen molar-refractivity contribution in [2.45, 2.75) is 13.8 Å². The quantitative estimate of drug-likeness (QED) is 0.121. The van der Waals surface area contributed by atoms with Gasteiger partial charge in [-0.1, -0.05) is 72.3 Å². The van der Waals surface area contributed by atoms with Gasteiger partial charge in [0.2, 0.25) is 11.5 Å². The lowest BCUT2D eigenvalue weighted by Crippen LogP contribution is -2.14. The zero-order valence-electron chi connectivity index (χ0n) is 25.1. The van der Waals surface area contributed by atoms with E-state index in [9.17, 15) is 9.59 Å². The molecule has 0 saturated heterocycles. The van der Waals surface area contributed by atoms with Gasteiger partial charge in [0.1, 0.15) is 0 Å². The molecule has 0 heterocycles. The number of rotatable bonds is 8. The average molecular weight is 651 g/mol. The number of ether oxygens (including phenoxy) is 4. The Hall–Kier alpha value is -5.73. The first-order valence-corrected chi connectivity index (χ1v) is 14.8. The van der Waals surface area contributed by atoms with Gasteiger partial charge in [-0.05, 0) is 79.6 Å². The predicted octanol–water partition coefficient (Wildman–Crippen LogP) is 10.4. The van der Waals surface area contributed by atoms with Crippen LogP contribution in [-0.4, -0.2) is 11.9 Å². The second-order valence-electron chi connectivity index (χ2n) is 10.5. The number of halogens is 3. The minimum absolute atomic E-state index is 0.166. The van der Waals surface area contributed by atoms with Crippen molar-refractivity contribution in [2.24, 2.45) is 0 Å². The SMILES string of the molecule is Cc1ccccc1C(=O)Oc1c(Oc2ccccc2F)c(Oc2ccccc2F)c(OC(=O)c2ccccc2C)c2cc(Cl)ccc12. The molecule has 0 unspecified atom stereocenters. The molecule has 0 aliphatic heterocycles. The summed E-state index contributed by atoms with van der Waals surface area (Å²) in [7, 11) is 0. The first-order valence-electron chi connectivity index (χ1n) is 14.4. The van der Waals surface area contributed by atoms with E-state index < -0.39 is 23.6 Å². The molecule has 0 aliphatic carbocycles. The highest BCUT2D eigenvalue weighted by atomic mass is 35.5. The summed E-state index contributed by atoms with van der Waals surface area (Å²) in [5.41, 5.74) is 1.75. The van der Waals surface area contributed by atoms with E-state index in [4.69, 9.17) is 30.5 Å². The Morgan fingerprint density at radius 3 is 1.43 bits per heavy atom. The Labute approximate surface area is 273 Å². The van der Waals surface area contributed by atoms with E-state index in [0.29, 0.717) is 11.1 Å². The highest BCUT2D eigenvalue weighted by molar-refractivity contribution is 6.31. The third-order valence-electron chi connectivity index (χ3n) is 7.31. The van der Waals surface area contributed by atoms with Crippen molar-refractivity contribution in [3.8, 4) is 34.5 Å². The fourth-order valence-corrected chi connectivity index (χ4v) is 5.09. The number of aryl methyl sites for hydroxylation is 2. The van der Waals surface area contributed by atoms with Gasteiger partial charge in [-0.15, -0.1) is 0 Å². The fourth-order valence-electron chi connectivity index (χ4n) is 4.92. The molecule has 0 amide bonds. The van der Waals surface area contributed by atoms with Crippen molar-refractivity contribution < 1.29 is 37.3 Å². The van der Waals surface area contributed by atoms with E-state index in [1.54, 1.807) is 62.4 Å². The summed E-state index contributed by atoms with van der Waals surface area (Å²) in [6.07, 6.45) is 0. The van der Waals surface area contributed by atoms with E-state index in [1.165, 1.54) is 66.7 Å². The second-order valence-corrected chi connectivity index (χ2v) is 10.9. The first-order chi connectivity index (χ1) is 22.7. The Morgan fingerprint density at radius 1 is 0.532 bits per heavy atom. The van der Waals surface area contributed by atoms with Crippen LogP contribution in [0.5, 0.6) is 34.5 Å². The largest absolute Gasteiger partial charge is 0.446 e. The van der Waals surface area contributed by atoms with Crippen LogP contribution in [0.3, 0.4) is 0 Å². The van der Waals surface area contributed by atoms with E-state index in [-0.39, 0.29) is 61.4 Å². The zero-order chi connectivity index (χ0) is 33.1. The number of hydrogen-bond donors (Lipinski definition) is 0. The maximum atomic E-state index is 15.1. The van der Waals surface area contributed by atoms with Crippen molar-refractivity contribution in [1.29, 1.82) is 0 Å². The van der Waals surface area contributed by atoms with E-state index >= 15 is 8.78 Å². The van der Waals surface area contributed by atoms with Gasteiger partial charge >= 0.3 is 11.9 Å². The molecule has 234 valence electrons. The monoisotopic (exact) mass is 650 g/mol. The number of para-hydroxylation sites is 2. The summed E-state index contributed by atoms with van der Waals surface area (Å²) in [4.78, 5) is 27.3. The van der Waals surface area contributed by atoms with Gasteiger partial charge in [0.05, 0.1) is 11.1 Å². The number of fused-ring (bicyclic) bond motifs is 1. The second kappa shape index (κ2) is 13.3. The molecule has 9 heteroatoms. The molecule has 0 aromatic heterocycles. The first kappa shape index (κ1) is 31.3. The lowest BCUT2D eigenvalue weighted by atomic mass is 10.1. The van der Waals surface area contributed by atoms with Crippen molar-refractivity contribution >= 4 is 34.3 Å². The molecule has 0 saturated carbocycles. The molecule has 0 bridgehead atoms. The summed E-state index contributed by atoms with van der Waals surface area (Å²) in [5, 5.41) is 0.608. The summed E-state index contributed by atoms with van der Waals surface area (Å²) < 4.78 is 54.5. The number of carbonyl (C=O) groups is 2. The maximum absolute atomic E-state index is 15.1. The zero-order valence-corrected chi connectivity index (χ0v) is 25.8. The van der Waals surface area contributed by atoms with Crippen molar-refractivity contribution in [3.63, 3.8) is 0 Å².